The molecule has 1 aromatic heterocycles. The van der Waals surface area contributed by atoms with Crippen LogP contribution in [-0.4, -0.2) is 62.5 Å². The molecule has 0 radical (unpaired) electrons. The normalized spacial score (nSPS) is 36.1. The monoisotopic (exact) mass is 359 g/mol. The highest BCUT2D eigenvalue weighted by molar-refractivity contribution is 5.80. The SMILES string of the molecule is c1coc(CCNC(=NCC2CCOC2)N2CC3C4CCC(O4)C3C2)c1. The summed E-state index contributed by atoms with van der Waals surface area (Å²) in [6, 6.07) is 3.98. The first-order valence-corrected chi connectivity index (χ1v) is 10.2. The maximum absolute atomic E-state index is 6.12. The average Bonchev–Trinajstić information content (AvgIpc) is 3.45. The average molecular weight is 359 g/mol. The van der Waals surface area contributed by atoms with Crippen LogP contribution in [0.5, 0.6) is 0 Å². The predicted molar refractivity (Wildman–Crippen MR) is 98.1 cm³/mol. The molecular weight excluding hydrogens is 330 g/mol. The maximum Gasteiger partial charge on any atom is 0.193 e. The molecule has 26 heavy (non-hydrogen) atoms. The standard InChI is InChI=1S/C20H29N3O3/c1-2-15(25-8-1)5-7-21-20(22-10-14-6-9-24-13-14)23-11-16-17(12-23)19-4-3-18(16)26-19/h1-2,8,14,16-19H,3-7,9-13H2,(H,21,22). The van der Waals surface area contributed by atoms with E-state index < -0.39 is 0 Å². The van der Waals surface area contributed by atoms with E-state index in [0.29, 0.717) is 30.0 Å². The second kappa shape index (κ2) is 7.24. The van der Waals surface area contributed by atoms with Gasteiger partial charge in [-0.3, -0.25) is 4.99 Å². The lowest BCUT2D eigenvalue weighted by Gasteiger charge is -2.24. The van der Waals surface area contributed by atoms with Gasteiger partial charge in [0.1, 0.15) is 5.76 Å². The van der Waals surface area contributed by atoms with E-state index in [2.05, 4.69) is 10.2 Å². The summed E-state index contributed by atoms with van der Waals surface area (Å²) in [5.41, 5.74) is 0. The zero-order chi connectivity index (χ0) is 17.3. The van der Waals surface area contributed by atoms with Crippen molar-refractivity contribution in [3.8, 4) is 0 Å². The van der Waals surface area contributed by atoms with Crippen LogP contribution in [0.15, 0.2) is 27.8 Å². The smallest absolute Gasteiger partial charge is 0.193 e. The van der Waals surface area contributed by atoms with E-state index in [4.69, 9.17) is 18.9 Å². The molecule has 6 heteroatoms. The molecule has 2 bridgehead atoms. The van der Waals surface area contributed by atoms with Crippen LogP contribution < -0.4 is 5.32 Å². The molecule has 142 valence electrons. The third kappa shape index (κ3) is 3.25. The zero-order valence-electron chi connectivity index (χ0n) is 15.3. The molecule has 5 rings (SSSR count). The summed E-state index contributed by atoms with van der Waals surface area (Å²) in [5, 5.41) is 3.60. The van der Waals surface area contributed by atoms with Crippen molar-refractivity contribution in [2.24, 2.45) is 22.7 Å². The van der Waals surface area contributed by atoms with Crippen LogP contribution in [0.2, 0.25) is 0 Å². The van der Waals surface area contributed by atoms with Gasteiger partial charge in [0.2, 0.25) is 0 Å². The van der Waals surface area contributed by atoms with E-state index in [9.17, 15) is 0 Å². The molecule has 0 amide bonds. The Morgan fingerprint density at radius 1 is 1.19 bits per heavy atom. The van der Waals surface area contributed by atoms with Crippen LogP contribution in [0.25, 0.3) is 0 Å². The number of aliphatic imine (C=N–C) groups is 1. The molecular formula is C20H29N3O3. The van der Waals surface area contributed by atoms with Crippen LogP contribution in [0, 0.1) is 17.8 Å². The number of hydrogen-bond donors (Lipinski definition) is 1. The predicted octanol–water partition coefficient (Wildman–Crippen LogP) is 1.91. The Hall–Kier alpha value is -1.53. The van der Waals surface area contributed by atoms with Gasteiger partial charge in [0.25, 0.3) is 0 Å². The number of nitrogens with one attached hydrogen (secondary N) is 1. The Labute approximate surface area is 154 Å². The Morgan fingerprint density at radius 2 is 2.04 bits per heavy atom. The van der Waals surface area contributed by atoms with Gasteiger partial charge in [0.05, 0.1) is 25.1 Å². The molecule has 4 aliphatic rings. The Kier molecular flexibility index (Phi) is 4.63. The van der Waals surface area contributed by atoms with Crippen LogP contribution in [0.4, 0.5) is 0 Å². The third-order valence-electron chi connectivity index (χ3n) is 6.51. The molecule has 4 saturated heterocycles. The minimum absolute atomic E-state index is 0.489. The van der Waals surface area contributed by atoms with E-state index in [1.807, 2.05) is 12.1 Å². The summed E-state index contributed by atoms with van der Waals surface area (Å²) in [5.74, 6) is 4.04. The molecule has 0 aromatic carbocycles. The number of ether oxygens (including phenoxy) is 2. The van der Waals surface area contributed by atoms with E-state index in [0.717, 1.165) is 64.0 Å². The van der Waals surface area contributed by atoms with Crippen molar-refractivity contribution in [2.45, 2.75) is 37.9 Å². The van der Waals surface area contributed by atoms with Gasteiger partial charge in [-0.15, -0.1) is 0 Å². The molecule has 1 aromatic rings. The van der Waals surface area contributed by atoms with Crippen LogP contribution in [0.1, 0.15) is 25.0 Å². The molecule has 5 heterocycles. The molecule has 5 unspecified atom stereocenters. The Morgan fingerprint density at radius 3 is 2.73 bits per heavy atom. The summed E-state index contributed by atoms with van der Waals surface area (Å²) in [7, 11) is 0. The van der Waals surface area contributed by atoms with Gasteiger partial charge in [-0.05, 0) is 31.4 Å². The topological polar surface area (TPSA) is 59.2 Å². The van der Waals surface area contributed by atoms with E-state index in [-0.39, 0.29) is 0 Å². The van der Waals surface area contributed by atoms with Crippen molar-refractivity contribution in [3.05, 3.63) is 24.2 Å². The Bertz CT molecular complexity index is 608. The summed E-state index contributed by atoms with van der Waals surface area (Å²) < 4.78 is 17.1. The lowest BCUT2D eigenvalue weighted by atomic mass is 9.82. The highest BCUT2D eigenvalue weighted by Crippen LogP contribution is 2.47. The fourth-order valence-electron chi connectivity index (χ4n) is 5.10. The summed E-state index contributed by atoms with van der Waals surface area (Å²) >= 11 is 0. The molecule has 1 N–H and O–H groups in total. The van der Waals surface area contributed by atoms with Crippen LogP contribution >= 0.6 is 0 Å². The minimum atomic E-state index is 0.489. The lowest BCUT2D eigenvalue weighted by Crippen LogP contribution is -2.42. The van der Waals surface area contributed by atoms with E-state index in [1.165, 1.54) is 12.8 Å². The number of likely N-dealkylation sites (tertiary alicyclic amines) is 1. The number of furan rings is 1. The van der Waals surface area contributed by atoms with Crippen molar-refractivity contribution < 1.29 is 13.9 Å². The van der Waals surface area contributed by atoms with Gasteiger partial charge >= 0.3 is 0 Å². The highest BCUT2D eigenvalue weighted by Gasteiger charge is 2.53. The summed E-state index contributed by atoms with van der Waals surface area (Å²) in [4.78, 5) is 7.46. The molecule has 6 nitrogen and oxygen atoms in total. The first-order valence-electron chi connectivity index (χ1n) is 10.2. The van der Waals surface area contributed by atoms with Gasteiger partial charge in [-0.1, -0.05) is 0 Å². The fourth-order valence-corrected chi connectivity index (χ4v) is 5.10. The molecule has 0 spiro atoms. The molecule has 0 saturated carbocycles. The Balaban J connectivity index is 1.23. The van der Waals surface area contributed by atoms with Crippen molar-refractivity contribution in [2.75, 3.05) is 39.4 Å². The van der Waals surface area contributed by atoms with Gasteiger partial charge in [0, 0.05) is 57.0 Å². The first kappa shape index (κ1) is 16.6. The minimum Gasteiger partial charge on any atom is -0.469 e. The second-order valence-corrected chi connectivity index (χ2v) is 8.17. The number of guanidine groups is 1. The summed E-state index contributed by atoms with van der Waals surface area (Å²) in [6.07, 6.45) is 7.22. The highest BCUT2D eigenvalue weighted by atomic mass is 16.5. The largest absolute Gasteiger partial charge is 0.469 e. The second-order valence-electron chi connectivity index (χ2n) is 8.17. The van der Waals surface area contributed by atoms with E-state index >= 15 is 0 Å². The number of hydrogen-bond acceptors (Lipinski definition) is 4. The maximum atomic E-state index is 6.12. The molecule has 5 atom stereocenters. The first-order chi connectivity index (χ1) is 12.9. The number of fused-ring (bicyclic) bond motifs is 5. The fraction of sp³-hybridized carbons (Fsp3) is 0.750. The van der Waals surface area contributed by atoms with Gasteiger partial charge < -0.3 is 24.1 Å². The quantitative estimate of drug-likeness (QED) is 0.643. The summed E-state index contributed by atoms with van der Waals surface area (Å²) in [6.45, 7) is 5.61. The van der Waals surface area contributed by atoms with Gasteiger partial charge in [-0.25, -0.2) is 0 Å². The van der Waals surface area contributed by atoms with Crippen LogP contribution in [-0.2, 0) is 15.9 Å². The zero-order valence-corrected chi connectivity index (χ0v) is 15.3. The number of rotatable bonds is 5. The lowest BCUT2D eigenvalue weighted by molar-refractivity contribution is 0.0767. The van der Waals surface area contributed by atoms with Gasteiger partial charge in [0.15, 0.2) is 5.96 Å². The molecule has 4 aliphatic heterocycles. The van der Waals surface area contributed by atoms with Crippen molar-refractivity contribution in [3.63, 3.8) is 0 Å². The number of nitrogens with zero attached hydrogens (tertiary/aromatic N) is 2. The molecule has 4 fully saturated rings. The van der Waals surface area contributed by atoms with Crippen molar-refractivity contribution >= 4 is 5.96 Å². The molecule has 0 aliphatic carbocycles. The van der Waals surface area contributed by atoms with Crippen molar-refractivity contribution in [1.29, 1.82) is 0 Å². The van der Waals surface area contributed by atoms with E-state index in [1.54, 1.807) is 6.26 Å². The van der Waals surface area contributed by atoms with Crippen LogP contribution in [0.3, 0.4) is 0 Å². The van der Waals surface area contributed by atoms with Crippen molar-refractivity contribution in [1.82, 2.24) is 10.2 Å². The third-order valence-corrected chi connectivity index (χ3v) is 6.51. The van der Waals surface area contributed by atoms with Gasteiger partial charge in [-0.2, -0.15) is 0 Å².